The summed E-state index contributed by atoms with van der Waals surface area (Å²) in [7, 11) is 0. The average molecular weight is 168 g/mol. The number of ketones is 1. The van der Waals surface area contributed by atoms with Crippen molar-refractivity contribution in [3.63, 3.8) is 0 Å². The van der Waals surface area contributed by atoms with E-state index in [1.165, 1.54) is 5.56 Å². The number of carbonyl (C=O) groups excluding carboxylic acids is 1. The van der Waals surface area contributed by atoms with Gasteiger partial charge in [-0.2, -0.15) is 11.3 Å². The first-order valence-corrected chi connectivity index (χ1v) is 4.82. The lowest BCUT2D eigenvalue weighted by atomic mass is 10.1. The molecule has 1 rings (SSSR count). The molecule has 0 amide bonds. The third-order valence-corrected chi connectivity index (χ3v) is 2.54. The summed E-state index contributed by atoms with van der Waals surface area (Å²) in [6, 6.07) is 0. The molecule has 0 aromatic carbocycles. The van der Waals surface area contributed by atoms with Crippen LogP contribution in [0, 0.1) is 0 Å². The van der Waals surface area contributed by atoms with Crippen molar-refractivity contribution in [1.29, 1.82) is 0 Å². The molecule has 60 valence electrons. The Morgan fingerprint density at radius 2 is 2.18 bits per heavy atom. The topological polar surface area (TPSA) is 17.1 Å². The first-order valence-electron chi connectivity index (χ1n) is 3.87. The van der Waals surface area contributed by atoms with E-state index in [1.54, 1.807) is 11.3 Å². The Balaban J connectivity index is 2.92. The zero-order chi connectivity index (χ0) is 8.27. The maximum absolute atomic E-state index is 11.3. The number of thiophene rings is 1. The highest BCUT2D eigenvalue weighted by Crippen LogP contribution is 2.17. The molecule has 0 unspecified atom stereocenters. The molecule has 0 saturated heterocycles. The smallest absolute Gasteiger partial charge is 0.163 e. The second kappa shape index (κ2) is 3.67. The van der Waals surface area contributed by atoms with E-state index >= 15 is 0 Å². The molecule has 0 aliphatic carbocycles. The third-order valence-electron chi connectivity index (χ3n) is 1.74. The molecule has 0 radical (unpaired) electrons. The highest BCUT2D eigenvalue weighted by atomic mass is 32.1. The SMILES string of the molecule is CCC(=O)c1cscc1CC. The summed E-state index contributed by atoms with van der Waals surface area (Å²) in [5, 5.41) is 4.01. The average Bonchev–Trinajstić information content (AvgIpc) is 2.50. The molecule has 0 aliphatic heterocycles. The number of aryl methyl sites for hydroxylation is 1. The summed E-state index contributed by atoms with van der Waals surface area (Å²) < 4.78 is 0. The van der Waals surface area contributed by atoms with Gasteiger partial charge >= 0.3 is 0 Å². The van der Waals surface area contributed by atoms with Crippen molar-refractivity contribution in [2.75, 3.05) is 0 Å². The van der Waals surface area contributed by atoms with Gasteiger partial charge in [-0.05, 0) is 17.4 Å². The van der Waals surface area contributed by atoms with Crippen LogP contribution < -0.4 is 0 Å². The van der Waals surface area contributed by atoms with Gasteiger partial charge in [-0.25, -0.2) is 0 Å². The van der Waals surface area contributed by atoms with E-state index in [0.717, 1.165) is 12.0 Å². The molecule has 0 aliphatic rings. The second-order valence-electron chi connectivity index (χ2n) is 2.44. The van der Waals surface area contributed by atoms with Gasteiger partial charge in [0.05, 0.1) is 0 Å². The quantitative estimate of drug-likeness (QED) is 0.634. The second-order valence-corrected chi connectivity index (χ2v) is 3.18. The molecule has 0 N–H and O–H groups in total. The highest BCUT2D eigenvalue weighted by molar-refractivity contribution is 7.08. The zero-order valence-corrected chi connectivity index (χ0v) is 7.70. The largest absolute Gasteiger partial charge is 0.294 e. The van der Waals surface area contributed by atoms with Crippen molar-refractivity contribution < 1.29 is 4.79 Å². The zero-order valence-electron chi connectivity index (χ0n) is 6.89. The standard InChI is InChI=1S/C9H12OS/c1-3-7-5-11-6-8(7)9(10)4-2/h5-6H,3-4H2,1-2H3. The molecular formula is C9H12OS. The predicted molar refractivity (Wildman–Crippen MR) is 48.3 cm³/mol. The Morgan fingerprint density at radius 1 is 1.45 bits per heavy atom. The van der Waals surface area contributed by atoms with Crippen LogP contribution in [0.1, 0.15) is 36.2 Å². The van der Waals surface area contributed by atoms with E-state index in [-0.39, 0.29) is 5.78 Å². The van der Waals surface area contributed by atoms with Gasteiger partial charge in [0.15, 0.2) is 5.78 Å². The Morgan fingerprint density at radius 3 is 2.73 bits per heavy atom. The highest BCUT2D eigenvalue weighted by Gasteiger charge is 2.07. The number of Topliss-reactive ketones (excluding diaryl/α,β-unsaturated/α-hetero) is 1. The van der Waals surface area contributed by atoms with Gasteiger partial charge in [0.2, 0.25) is 0 Å². The summed E-state index contributed by atoms with van der Waals surface area (Å²) in [4.78, 5) is 11.3. The Labute approximate surface area is 71.1 Å². The fourth-order valence-electron chi connectivity index (χ4n) is 1.03. The normalized spacial score (nSPS) is 10.0. The van der Waals surface area contributed by atoms with E-state index in [0.29, 0.717) is 6.42 Å². The number of hydrogen-bond acceptors (Lipinski definition) is 2. The van der Waals surface area contributed by atoms with E-state index in [4.69, 9.17) is 0 Å². The number of carbonyl (C=O) groups is 1. The summed E-state index contributed by atoms with van der Waals surface area (Å²) in [6.07, 6.45) is 1.58. The van der Waals surface area contributed by atoms with Crippen LogP contribution in [0.3, 0.4) is 0 Å². The minimum atomic E-state index is 0.267. The lowest BCUT2D eigenvalue weighted by molar-refractivity contribution is 0.0988. The van der Waals surface area contributed by atoms with E-state index in [9.17, 15) is 4.79 Å². The van der Waals surface area contributed by atoms with Gasteiger partial charge in [-0.3, -0.25) is 4.79 Å². The van der Waals surface area contributed by atoms with Gasteiger partial charge in [0.25, 0.3) is 0 Å². The van der Waals surface area contributed by atoms with Crippen molar-refractivity contribution in [2.45, 2.75) is 26.7 Å². The molecule has 11 heavy (non-hydrogen) atoms. The summed E-state index contributed by atoms with van der Waals surface area (Å²) in [5.41, 5.74) is 2.13. The van der Waals surface area contributed by atoms with Crippen molar-refractivity contribution in [3.8, 4) is 0 Å². The van der Waals surface area contributed by atoms with Crippen molar-refractivity contribution in [1.82, 2.24) is 0 Å². The molecule has 1 aromatic rings. The predicted octanol–water partition coefficient (Wildman–Crippen LogP) is 2.90. The van der Waals surface area contributed by atoms with Crippen LogP contribution in [-0.4, -0.2) is 5.78 Å². The lowest BCUT2D eigenvalue weighted by Crippen LogP contribution is -1.97. The van der Waals surface area contributed by atoms with Crippen LogP contribution in [0.25, 0.3) is 0 Å². The maximum Gasteiger partial charge on any atom is 0.163 e. The Hall–Kier alpha value is -0.630. The van der Waals surface area contributed by atoms with Gasteiger partial charge in [-0.1, -0.05) is 13.8 Å². The molecule has 1 heterocycles. The molecule has 1 aromatic heterocycles. The lowest BCUT2D eigenvalue weighted by Gasteiger charge is -1.96. The molecule has 0 spiro atoms. The fourth-order valence-corrected chi connectivity index (χ4v) is 1.98. The summed E-state index contributed by atoms with van der Waals surface area (Å²) >= 11 is 1.61. The maximum atomic E-state index is 11.3. The minimum Gasteiger partial charge on any atom is -0.294 e. The monoisotopic (exact) mass is 168 g/mol. The van der Waals surface area contributed by atoms with Crippen molar-refractivity contribution in [2.24, 2.45) is 0 Å². The molecule has 0 fully saturated rings. The Kier molecular flexibility index (Phi) is 2.83. The van der Waals surface area contributed by atoms with Gasteiger partial charge in [0, 0.05) is 17.4 Å². The molecule has 2 heteroatoms. The van der Waals surface area contributed by atoms with E-state index in [2.05, 4.69) is 12.3 Å². The van der Waals surface area contributed by atoms with Crippen molar-refractivity contribution in [3.05, 3.63) is 21.9 Å². The Bertz CT molecular complexity index is 250. The van der Waals surface area contributed by atoms with Crippen LogP contribution in [-0.2, 0) is 6.42 Å². The molecule has 1 nitrogen and oxygen atoms in total. The minimum absolute atomic E-state index is 0.267. The van der Waals surface area contributed by atoms with Crippen LogP contribution in [0.2, 0.25) is 0 Å². The molecule has 0 saturated carbocycles. The van der Waals surface area contributed by atoms with Crippen LogP contribution in [0.15, 0.2) is 10.8 Å². The van der Waals surface area contributed by atoms with Gasteiger partial charge in [0.1, 0.15) is 0 Å². The van der Waals surface area contributed by atoms with E-state index in [1.807, 2.05) is 12.3 Å². The van der Waals surface area contributed by atoms with Gasteiger partial charge in [-0.15, -0.1) is 0 Å². The van der Waals surface area contributed by atoms with Crippen LogP contribution in [0.5, 0.6) is 0 Å². The fraction of sp³-hybridized carbons (Fsp3) is 0.444. The van der Waals surface area contributed by atoms with Gasteiger partial charge < -0.3 is 0 Å². The van der Waals surface area contributed by atoms with Crippen molar-refractivity contribution >= 4 is 17.1 Å². The van der Waals surface area contributed by atoms with Crippen LogP contribution >= 0.6 is 11.3 Å². The molecule has 0 atom stereocenters. The molecular weight excluding hydrogens is 156 g/mol. The molecule has 0 bridgehead atoms. The van der Waals surface area contributed by atoms with E-state index < -0.39 is 0 Å². The summed E-state index contributed by atoms with van der Waals surface area (Å²) in [5.74, 6) is 0.267. The first-order chi connectivity index (χ1) is 5.29. The number of hydrogen-bond donors (Lipinski definition) is 0. The third kappa shape index (κ3) is 1.69. The van der Waals surface area contributed by atoms with Crippen LogP contribution in [0.4, 0.5) is 0 Å². The summed E-state index contributed by atoms with van der Waals surface area (Å²) in [6.45, 7) is 3.98. The number of rotatable bonds is 3. The first kappa shape index (κ1) is 8.47.